The van der Waals surface area contributed by atoms with Crippen LogP contribution in [-0.4, -0.2) is 24.9 Å². The Hall–Kier alpha value is -1.68. The van der Waals surface area contributed by atoms with E-state index in [9.17, 15) is 0 Å². The summed E-state index contributed by atoms with van der Waals surface area (Å²) in [4.78, 5) is 13.1. The molecule has 0 saturated carbocycles. The first-order chi connectivity index (χ1) is 8.28. The van der Waals surface area contributed by atoms with Gasteiger partial charge in [-0.2, -0.15) is 0 Å². The largest absolute Gasteiger partial charge is 0.481 e. The summed E-state index contributed by atoms with van der Waals surface area (Å²) >= 11 is 0. The van der Waals surface area contributed by atoms with Crippen LogP contribution in [0, 0.1) is 0 Å². The molecule has 0 amide bonds. The summed E-state index contributed by atoms with van der Waals surface area (Å²) in [6, 6.07) is 5.76. The van der Waals surface area contributed by atoms with E-state index in [4.69, 9.17) is 9.53 Å². The second kappa shape index (κ2) is 10.8. The molecule has 0 unspecified atom stereocenters. The van der Waals surface area contributed by atoms with Gasteiger partial charge < -0.3 is 14.8 Å². The number of methoxy groups -OCH3 is 1. The summed E-state index contributed by atoms with van der Waals surface area (Å²) in [5.74, 6) is 0.660. The van der Waals surface area contributed by atoms with Crippen molar-refractivity contribution in [3.8, 4) is 5.88 Å². The van der Waals surface area contributed by atoms with Crippen LogP contribution in [0.5, 0.6) is 5.88 Å². The number of aldehydes is 1. The Kier molecular flexibility index (Phi) is 9.76. The lowest BCUT2D eigenvalue weighted by molar-refractivity contribution is -0.106. The predicted molar refractivity (Wildman–Crippen MR) is 69.0 cm³/mol. The van der Waals surface area contributed by atoms with Gasteiger partial charge in [0.05, 0.1) is 12.8 Å². The number of rotatable bonds is 6. The number of nitrogens with one attached hydrogen (secondary N) is 1. The highest BCUT2D eigenvalue weighted by molar-refractivity contribution is 5.44. The quantitative estimate of drug-likeness (QED) is 0.466. The number of ether oxygens (including phenoxy) is 1. The Labute approximate surface area is 103 Å². The molecule has 1 aromatic heterocycles. The predicted octanol–water partition coefficient (Wildman–Crippen LogP) is 1.96. The lowest BCUT2D eigenvalue weighted by Gasteiger charge is -2.04. The molecule has 0 spiro atoms. The van der Waals surface area contributed by atoms with Crippen molar-refractivity contribution < 1.29 is 9.53 Å². The standard InChI is InChI=1S/C11H16N2O.C2H4O/c1-3-4-8-12-9-10-6-5-7-11(13-10)14-2;1-2-3/h3,5-7,12H,1,4,8-9H2,2H3;2H,1H3. The molecule has 0 aliphatic carbocycles. The highest BCUT2D eigenvalue weighted by Crippen LogP contribution is 2.05. The van der Waals surface area contributed by atoms with Crippen LogP contribution in [0.1, 0.15) is 19.0 Å². The van der Waals surface area contributed by atoms with Gasteiger partial charge in [0.1, 0.15) is 6.29 Å². The van der Waals surface area contributed by atoms with Crippen molar-refractivity contribution in [2.45, 2.75) is 19.9 Å². The van der Waals surface area contributed by atoms with E-state index in [1.54, 1.807) is 7.11 Å². The molecular formula is C13H20N2O2. The second-order valence-electron chi connectivity index (χ2n) is 3.16. The van der Waals surface area contributed by atoms with E-state index in [0.717, 1.165) is 31.5 Å². The fourth-order valence-electron chi connectivity index (χ4n) is 1.09. The summed E-state index contributed by atoms with van der Waals surface area (Å²) < 4.78 is 5.03. The van der Waals surface area contributed by atoms with Crippen molar-refractivity contribution in [1.29, 1.82) is 0 Å². The van der Waals surface area contributed by atoms with E-state index in [0.29, 0.717) is 5.88 Å². The fourth-order valence-corrected chi connectivity index (χ4v) is 1.09. The molecule has 1 rings (SSSR count). The van der Waals surface area contributed by atoms with Gasteiger partial charge in [-0.1, -0.05) is 12.1 Å². The Balaban J connectivity index is 0.000000770. The van der Waals surface area contributed by atoms with Gasteiger partial charge in [0.2, 0.25) is 5.88 Å². The number of hydrogen-bond acceptors (Lipinski definition) is 4. The average Bonchev–Trinajstić information content (AvgIpc) is 2.36. The van der Waals surface area contributed by atoms with Crippen molar-refractivity contribution >= 4 is 6.29 Å². The van der Waals surface area contributed by atoms with Gasteiger partial charge >= 0.3 is 0 Å². The number of nitrogens with zero attached hydrogens (tertiary/aromatic N) is 1. The van der Waals surface area contributed by atoms with Crippen LogP contribution >= 0.6 is 0 Å². The molecule has 0 bridgehead atoms. The van der Waals surface area contributed by atoms with Crippen molar-refractivity contribution in [3.05, 3.63) is 36.5 Å². The molecule has 17 heavy (non-hydrogen) atoms. The molecule has 4 nitrogen and oxygen atoms in total. The van der Waals surface area contributed by atoms with Gasteiger partial charge in [0.15, 0.2) is 0 Å². The summed E-state index contributed by atoms with van der Waals surface area (Å²) in [6.45, 7) is 6.80. The SMILES string of the molecule is C=CCCNCc1cccc(OC)n1.CC=O. The van der Waals surface area contributed by atoms with Gasteiger partial charge in [0, 0.05) is 12.6 Å². The van der Waals surface area contributed by atoms with Crippen molar-refractivity contribution in [3.63, 3.8) is 0 Å². The number of carbonyl (C=O) groups is 1. The Bertz CT molecular complexity index is 327. The van der Waals surface area contributed by atoms with Gasteiger partial charge in [-0.05, 0) is 26.0 Å². The van der Waals surface area contributed by atoms with Crippen LogP contribution in [0.25, 0.3) is 0 Å². The lowest BCUT2D eigenvalue weighted by atomic mass is 10.3. The molecule has 1 heterocycles. The Morgan fingerprint density at radius 3 is 2.82 bits per heavy atom. The van der Waals surface area contributed by atoms with E-state index in [1.807, 2.05) is 24.3 Å². The summed E-state index contributed by atoms with van der Waals surface area (Å²) in [5, 5.41) is 3.26. The van der Waals surface area contributed by atoms with Gasteiger partial charge in [-0.3, -0.25) is 0 Å². The molecule has 94 valence electrons. The molecule has 4 heteroatoms. The normalized spacial score (nSPS) is 8.82. The van der Waals surface area contributed by atoms with Crippen LogP contribution in [0.4, 0.5) is 0 Å². The van der Waals surface area contributed by atoms with E-state index in [1.165, 1.54) is 6.92 Å². The van der Waals surface area contributed by atoms with Gasteiger partial charge in [-0.25, -0.2) is 4.98 Å². The average molecular weight is 236 g/mol. The third-order valence-electron chi connectivity index (χ3n) is 1.82. The van der Waals surface area contributed by atoms with Crippen molar-refractivity contribution in [2.75, 3.05) is 13.7 Å². The van der Waals surface area contributed by atoms with Crippen LogP contribution < -0.4 is 10.1 Å². The first kappa shape index (κ1) is 15.3. The summed E-state index contributed by atoms with van der Waals surface area (Å²) in [5.41, 5.74) is 0.994. The van der Waals surface area contributed by atoms with E-state index in [-0.39, 0.29) is 0 Å². The topological polar surface area (TPSA) is 51.2 Å². The maximum absolute atomic E-state index is 8.81. The lowest BCUT2D eigenvalue weighted by Crippen LogP contribution is -2.14. The number of aromatic nitrogens is 1. The molecule has 1 aromatic rings. The second-order valence-corrected chi connectivity index (χ2v) is 3.16. The zero-order valence-electron chi connectivity index (χ0n) is 10.5. The number of pyridine rings is 1. The van der Waals surface area contributed by atoms with E-state index in [2.05, 4.69) is 16.9 Å². The fraction of sp³-hybridized carbons (Fsp3) is 0.385. The van der Waals surface area contributed by atoms with Crippen molar-refractivity contribution in [2.24, 2.45) is 0 Å². The number of hydrogen-bond donors (Lipinski definition) is 1. The van der Waals surface area contributed by atoms with Crippen LogP contribution in [0.3, 0.4) is 0 Å². The third kappa shape index (κ3) is 8.16. The Morgan fingerprint density at radius 2 is 2.24 bits per heavy atom. The molecule has 0 fully saturated rings. The van der Waals surface area contributed by atoms with E-state index >= 15 is 0 Å². The first-order valence-corrected chi connectivity index (χ1v) is 5.49. The van der Waals surface area contributed by atoms with Crippen LogP contribution in [0.2, 0.25) is 0 Å². The Morgan fingerprint density at radius 1 is 1.53 bits per heavy atom. The minimum atomic E-state index is 0.660. The van der Waals surface area contributed by atoms with Crippen LogP contribution in [0.15, 0.2) is 30.9 Å². The third-order valence-corrected chi connectivity index (χ3v) is 1.82. The maximum atomic E-state index is 8.81. The molecular weight excluding hydrogens is 216 g/mol. The van der Waals surface area contributed by atoms with Crippen molar-refractivity contribution in [1.82, 2.24) is 10.3 Å². The summed E-state index contributed by atoms with van der Waals surface area (Å²) in [6.07, 6.45) is 3.62. The summed E-state index contributed by atoms with van der Waals surface area (Å²) in [7, 11) is 1.62. The monoisotopic (exact) mass is 236 g/mol. The van der Waals surface area contributed by atoms with Gasteiger partial charge in [0.25, 0.3) is 0 Å². The smallest absolute Gasteiger partial charge is 0.213 e. The van der Waals surface area contributed by atoms with Gasteiger partial charge in [-0.15, -0.1) is 6.58 Å². The zero-order valence-corrected chi connectivity index (χ0v) is 10.5. The highest BCUT2D eigenvalue weighted by atomic mass is 16.5. The molecule has 0 aliphatic heterocycles. The first-order valence-electron chi connectivity index (χ1n) is 5.49. The molecule has 0 atom stereocenters. The highest BCUT2D eigenvalue weighted by Gasteiger charge is 1.95. The molecule has 0 saturated heterocycles. The molecule has 1 N–H and O–H groups in total. The molecule has 0 aliphatic rings. The van der Waals surface area contributed by atoms with E-state index < -0.39 is 0 Å². The van der Waals surface area contributed by atoms with Crippen LogP contribution in [-0.2, 0) is 11.3 Å². The number of carbonyl (C=O) groups excluding carboxylic acids is 1. The molecule has 0 aromatic carbocycles. The minimum Gasteiger partial charge on any atom is -0.481 e. The maximum Gasteiger partial charge on any atom is 0.213 e. The molecule has 0 radical (unpaired) electrons. The zero-order chi connectivity index (χ0) is 12.9. The minimum absolute atomic E-state index is 0.660.